The number of fused-ring (bicyclic) bond motifs is 17. The summed E-state index contributed by atoms with van der Waals surface area (Å²) in [4.78, 5) is 0. The summed E-state index contributed by atoms with van der Waals surface area (Å²) in [6.07, 6.45) is 0. The monoisotopic (exact) mass is 570 g/mol. The normalized spacial score (nSPS) is 16.2. The molecule has 1 spiro atoms. The van der Waals surface area contributed by atoms with Crippen LogP contribution in [-0.4, -0.2) is 0 Å². The van der Waals surface area contributed by atoms with Crippen molar-refractivity contribution in [3.63, 3.8) is 0 Å². The second-order valence-electron chi connectivity index (χ2n) is 10.9. The number of hydrogen-bond acceptors (Lipinski definition) is 0. The summed E-state index contributed by atoms with van der Waals surface area (Å²) >= 11 is 3.90. The third kappa shape index (κ3) is 2.66. The van der Waals surface area contributed by atoms with E-state index in [2.05, 4.69) is 155 Å². The Kier molecular flexibility index (Phi) is 4.49. The van der Waals surface area contributed by atoms with Crippen LogP contribution in [0.5, 0.6) is 0 Å². The molecule has 1 unspecified atom stereocenters. The molecule has 0 amide bonds. The van der Waals surface area contributed by atoms with E-state index in [0.29, 0.717) is 0 Å². The first kappa shape index (κ1) is 22.4. The molecular formula is C39H23Br. The zero-order chi connectivity index (χ0) is 26.4. The summed E-state index contributed by atoms with van der Waals surface area (Å²) in [6.45, 7) is 0. The zero-order valence-corrected chi connectivity index (χ0v) is 23.2. The lowest BCUT2D eigenvalue weighted by molar-refractivity contribution is 0.782. The maximum Gasteiger partial charge on any atom is 0.0732 e. The Balaban J connectivity index is 1.63. The van der Waals surface area contributed by atoms with Gasteiger partial charge in [-0.05, 0) is 89.3 Å². The van der Waals surface area contributed by atoms with Crippen molar-refractivity contribution in [2.24, 2.45) is 0 Å². The Bertz CT molecular complexity index is 2190. The summed E-state index contributed by atoms with van der Waals surface area (Å²) in [5, 5.41) is 5.25. The highest BCUT2D eigenvalue weighted by Crippen LogP contribution is 2.64. The van der Waals surface area contributed by atoms with E-state index in [1.165, 1.54) is 77.2 Å². The van der Waals surface area contributed by atoms with Gasteiger partial charge in [0.1, 0.15) is 0 Å². The first-order chi connectivity index (χ1) is 19.8. The number of benzene rings is 7. The van der Waals surface area contributed by atoms with Gasteiger partial charge in [0, 0.05) is 4.47 Å². The second-order valence-corrected chi connectivity index (χ2v) is 11.8. The SMILES string of the molecule is Brc1ccc2c(c1)C1(c3ccccc3-c3ccccc3-2)c2ccccc2-c2c1c1ccccc1c1ccccc21. The molecule has 0 aliphatic heterocycles. The van der Waals surface area contributed by atoms with Gasteiger partial charge in [0.05, 0.1) is 5.41 Å². The number of hydrogen-bond donors (Lipinski definition) is 0. The molecule has 9 rings (SSSR count). The van der Waals surface area contributed by atoms with Gasteiger partial charge < -0.3 is 0 Å². The molecule has 0 bridgehead atoms. The largest absolute Gasteiger partial charge is 0.0732 e. The van der Waals surface area contributed by atoms with Crippen LogP contribution in [0.15, 0.2) is 144 Å². The fraction of sp³-hybridized carbons (Fsp3) is 0.0256. The lowest BCUT2D eigenvalue weighted by Gasteiger charge is -2.36. The molecule has 0 nitrogen and oxygen atoms in total. The standard InChI is InChI=1S/C39H23Br/c40-24-21-22-30-26-12-2-1-11-25(26)29-15-7-9-19-34(29)39(36(30)23-24)35-20-10-8-18-33(35)37-31-16-5-3-13-27(31)28-14-4-6-17-32(28)38(37)39/h1-23H. The van der Waals surface area contributed by atoms with Crippen LogP contribution in [-0.2, 0) is 5.41 Å². The molecule has 0 aromatic heterocycles. The highest BCUT2D eigenvalue weighted by atomic mass is 79.9. The molecule has 40 heavy (non-hydrogen) atoms. The molecule has 1 atom stereocenters. The van der Waals surface area contributed by atoms with Gasteiger partial charge in [-0.1, -0.05) is 143 Å². The van der Waals surface area contributed by atoms with Crippen molar-refractivity contribution in [2.75, 3.05) is 0 Å². The Labute approximate surface area is 241 Å². The van der Waals surface area contributed by atoms with Crippen molar-refractivity contribution in [3.05, 3.63) is 166 Å². The lowest BCUT2D eigenvalue weighted by atomic mass is 9.65. The average molecular weight is 572 g/mol. The maximum absolute atomic E-state index is 3.90. The summed E-state index contributed by atoms with van der Waals surface area (Å²) in [5.74, 6) is 0. The van der Waals surface area contributed by atoms with E-state index in [0.717, 1.165) is 4.47 Å². The Morgan fingerprint density at radius 2 is 0.850 bits per heavy atom. The minimum Gasteiger partial charge on any atom is -0.0619 e. The second kappa shape index (κ2) is 8.03. The van der Waals surface area contributed by atoms with E-state index in [9.17, 15) is 0 Å². The minimum atomic E-state index is -0.496. The molecule has 0 N–H and O–H groups in total. The predicted octanol–water partition coefficient (Wildman–Crippen LogP) is 10.8. The molecule has 0 saturated carbocycles. The van der Waals surface area contributed by atoms with Gasteiger partial charge in [0.25, 0.3) is 0 Å². The van der Waals surface area contributed by atoms with Gasteiger partial charge in [0.15, 0.2) is 0 Å². The van der Waals surface area contributed by atoms with E-state index in [1.54, 1.807) is 0 Å². The summed E-state index contributed by atoms with van der Waals surface area (Å²) in [5.41, 5.74) is 12.7. The van der Waals surface area contributed by atoms with Crippen LogP contribution in [0.4, 0.5) is 0 Å². The van der Waals surface area contributed by atoms with Crippen molar-refractivity contribution in [3.8, 4) is 33.4 Å². The first-order valence-electron chi connectivity index (χ1n) is 13.8. The third-order valence-corrected chi connectivity index (χ3v) is 9.63. The van der Waals surface area contributed by atoms with Gasteiger partial charge in [-0.25, -0.2) is 0 Å². The highest BCUT2D eigenvalue weighted by molar-refractivity contribution is 9.10. The van der Waals surface area contributed by atoms with Crippen LogP contribution in [0.3, 0.4) is 0 Å². The number of halogens is 1. The average Bonchev–Trinajstić information content (AvgIpc) is 3.28. The quantitative estimate of drug-likeness (QED) is 0.159. The fourth-order valence-corrected chi connectivity index (χ4v) is 8.10. The molecule has 7 aromatic rings. The molecule has 2 aliphatic rings. The predicted molar refractivity (Wildman–Crippen MR) is 171 cm³/mol. The highest BCUT2D eigenvalue weighted by Gasteiger charge is 2.51. The third-order valence-electron chi connectivity index (χ3n) is 9.13. The summed E-state index contributed by atoms with van der Waals surface area (Å²) < 4.78 is 1.10. The summed E-state index contributed by atoms with van der Waals surface area (Å²) in [6, 6.07) is 52.0. The molecule has 7 aromatic carbocycles. The van der Waals surface area contributed by atoms with Gasteiger partial charge >= 0.3 is 0 Å². The van der Waals surface area contributed by atoms with Crippen molar-refractivity contribution in [2.45, 2.75) is 5.41 Å². The lowest BCUT2D eigenvalue weighted by Crippen LogP contribution is -2.29. The van der Waals surface area contributed by atoms with Crippen molar-refractivity contribution >= 4 is 37.5 Å². The molecule has 0 heterocycles. The number of rotatable bonds is 0. The molecule has 186 valence electrons. The molecule has 2 aliphatic carbocycles. The first-order valence-corrected chi connectivity index (χ1v) is 14.6. The van der Waals surface area contributed by atoms with Crippen LogP contribution in [0.25, 0.3) is 54.9 Å². The van der Waals surface area contributed by atoms with Gasteiger partial charge in [-0.2, -0.15) is 0 Å². The van der Waals surface area contributed by atoms with Crippen molar-refractivity contribution in [1.82, 2.24) is 0 Å². The molecule has 0 saturated heterocycles. The molecule has 0 fully saturated rings. The van der Waals surface area contributed by atoms with Crippen LogP contribution in [0.1, 0.15) is 22.3 Å². The van der Waals surface area contributed by atoms with E-state index in [4.69, 9.17) is 0 Å². The Morgan fingerprint density at radius 1 is 0.375 bits per heavy atom. The summed E-state index contributed by atoms with van der Waals surface area (Å²) in [7, 11) is 0. The smallest absolute Gasteiger partial charge is 0.0619 e. The maximum atomic E-state index is 3.90. The fourth-order valence-electron chi connectivity index (χ4n) is 7.74. The zero-order valence-electron chi connectivity index (χ0n) is 21.7. The van der Waals surface area contributed by atoms with Gasteiger partial charge in [-0.3, -0.25) is 0 Å². The molecule has 0 radical (unpaired) electrons. The van der Waals surface area contributed by atoms with Gasteiger partial charge in [-0.15, -0.1) is 0 Å². The van der Waals surface area contributed by atoms with E-state index in [-0.39, 0.29) is 0 Å². The molecular weight excluding hydrogens is 548 g/mol. The molecule has 1 heteroatoms. The Morgan fingerprint density at radius 3 is 1.55 bits per heavy atom. The van der Waals surface area contributed by atoms with Crippen LogP contribution in [0.2, 0.25) is 0 Å². The Hall–Kier alpha value is -4.46. The van der Waals surface area contributed by atoms with Crippen molar-refractivity contribution < 1.29 is 0 Å². The van der Waals surface area contributed by atoms with Crippen LogP contribution >= 0.6 is 15.9 Å². The van der Waals surface area contributed by atoms with Crippen LogP contribution in [0, 0.1) is 0 Å². The van der Waals surface area contributed by atoms with Gasteiger partial charge in [0.2, 0.25) is 0 Å². The topological polar surface area (TPSA) is 0 Å². The van der Waals surface area contributed by atoms with E-state index in [1.807, 2.05) is 0 Å². The minimum absolute atomic E-state index is 0.496. The van der Waals surface area contributed by atoms with E-state index < -0.39 is 5.41 Å². The van der Waals surface area contributed by atoms with Crippen LogP contribution < -0.4 is 0 Å². The van der Waals surface area contributed by atoms with E-state index >= 15 is 0 Å². The van der Waals surface area contributed by atoms with Crippen molar-refractivity contribution in [1.29, 1.82) is 0 Å².